The third-order valence-electron chi connectivity index (χ3n) is 1.47. The minimum atomic E-state index is -0.560. The maximum atomic E-state index is 10.4. The average Bonchev–Trinajstić information content (AvgIpc) is 2.08. The number of rotatable bonds is 2. The van der Waals surface area contributed by atoms with Gasteiger partial charge in [0.1, 0.15) is 5.02 Å². The second kappa shape index (κ2) is 3.87. The molecule has 0 amide bonds. The Hall–Kier alpha value is -1.60. The zero-order valence-corrected chi connectivity index (χ0v) is 7.28. The van der Waals surface area contributed by atoms with Crippen LogP contribution in [0, 0.1) is 16.7 Å². The number of benzene rings is 1. The molecule has 4 nitrogen and oxygen atoms in total. The summed E-state index contributed by atoms with van der Waals surface area (Å²) in [6.45, 7) is 6.73. The third kappa shape index (κ3) is 2.17. The summed E-state index contributed by atoms with van der Waals surface area (Å²) in [5, 5.41) is 10.5. The number of nitro benzene ring substituents is 1. The molecule has 66 valence electrons. The Bertz CT molecular complexity index is 384. The van der Waals surface area contributed by atoms with Gasteiger partial charge in [-0.15, -0.1) is 0 Å². The second-order valence-corrected chi connectivity index (χ2v) is 2.77. The van der Waals surface area contributed by atoms with Gasteiger partial charge in [-0.25, -0.2) is 6.57 Å². The highest BCUT2D eigenvalue weighted by molar-refractivity contribution is 6.32. The molecular formula is C8H5ClN2O2. The third-order valence-corrected chi connectivity index (χ3v) is 1.79. The molecule has 0 saturated carbocycles. The monoisotopic (exact) mass is 196 g/mol. The molecule has 0 fully saturated rings. The van der Waals surface area contributed by atoms with Crippen LogP contribution in [0.15, 0.2) is 18.2 Å². The van der Waals surface area contributed by atoms with Gasteiger partial charge in [0.25, 0.3) is 5.69 Å². The first-order valence-electron chi connectivity index (χ1n) is 3.41. The van der Waals surface area contributed by atoms with E-state index in [4.69, 9.17) is 18.2 Å². The minimum Gasteiger partial charge on any atom is -0.312 e. The summed E-state index contributed by atoms with van der Waals surface area (Å²) in [6.07, 6.45) is 0. The van der Waals surface area contributed by atoms with Crippen molar-refractivity contribution in [3.63, 3.8) is 0 Å². The topological polar surface area (TPSA) is 47.5 Å². The number of hydrogen-bond donors (Lipinski definition) is 0. The summed E-state index contributed by atoms with van der Waals surface area (Å²) in [6, 6.07) is 4.36. The maximum absolute atomic E-state index is 10.4. The van der Waals surface area contributed by atoms with Crippen molar-refractivity contribution in [2.24, 2.45) is 0 Å². The van der Waals surface area contributed by atoms with Gasteiger partial charge >= 0.3 is 0 Å². The summed E-state index contributed by atoms with van der Waals surface area (Å²) in [5.74, 6) is 0. The van der Waals surface area contributed by atoms with Crippen LogP contribution >= 0.6 is 11.6 Å². The lowest BCUT2D eigenvalue weighted by molar-refractivity contribution is -0.384. The standard InChI is InChI=1S/C8H5ClN2O2/c1-10-5-6-2-3-7(9)8(4-6)11(12)13/h2-4H,5H2. The van der Waals surface area contributed by atoms with Crippen LogP contribution in [0.5, 0.6) is 0 Å². The van der Waals surface area contributed by atoms with Crippen molar-refractivity contribution in [1.29, 1.82) is 0 Å². The van der Waals surface area contributed by atoms with Crippen molar-refractivity contribution in [2.75, 3.05) is 0 Å². The van der Waals surface area contributed by atoms with Gasteiger partial charge in [0.15, 0.2) is 0 Å². The molecule has 1 aromatic rings. The first kappa shape index (κ1) is 9.49. The molecular weight excluding hydrogens is 192 g/mol. The van der Waals surface area contributed by atoms with Crippen LogP contribution in [0.2, 0.25) is 5.02 Å². The molecule has 0 bridgehead atoms. The van der Waals surface area contributed by atoms with E-state index in [-0.39, 0.29) is 17.3 Å². The Morgan fingerprint density at radius 2 is 2.31 bits per heavy atom. The van der Waals surface area contributed by atoms with E-state index in [0.29, 0.717) is 5.56 Å². The molecule has 13 heavy (non-hydrogen) atoms. The Morgan fingerprint density at radius 1 is 1.62 bits per heavy atom. The lowest BCUT2D eigenvalue weighted by Crippen LogP contribution is -1.90. The highest BCUT2D eigenvalue weighted by Gasteiger charge is 2.12. The van der Waals surface area contributed by atoms with E-state index in [1.165, 1.54) is 12.1 Å². The lowest BCUT2D eigenvalue weighted by Gasteiger charge is -1.95. The summed E-state index contributed by atoms with van der Waals surface area (Å²) in [5.41, 5.74) is 0.453. The Morgan fingerprint density at radius 3 is 2.85 bits per heavy atom. The number of halogens is 1. The van der Waals surface area contributed by atoms with Crippen molar-refractivity contribution < 1.29 is 4.92 Å². The fraction of sp³-hybridized carbons (Fsp3) is 0.125. The van der Waals surface area contributed by atoms with E-state index in [1.807, 2.05) is 0 Å². The van der Waals surface area contributed by atoms with Gasteiger partial charge in [-0.3, -0.25) is 10.1 Å². The second-order valence-electron chi connectivity index (χ2n) is 2.36. The molecule has 1 aromatic carbocycles. The predicted octanol–water partition coefficient (Wildman–Crippen LogP) is 2.67. The molecule has 5 heteroatoms. The smallest absolute Gasteiger partial charge is 0.288 e. The Kier molecular flexibility index (Phi) is 2.83. The van der Waals surface area contributed by atoms with E-state index in [1.54, 1.807) is 6.07 Å². The van der Waals surface area contributed by atoms with Gasteiger partial charge < -0.3 is 4.85 Å². The van der Waals surface area contributed by atoms with Gasteiger partial charge in [0, 0.05) is 11.6 Å². The predicted molar refractivity (Wildman–Crippen MR) is 48.4 cm³/mol. The lowest BCUT2D eigenvalue weighted by atomic mass is 10.2. The summed E-state index contributed by atoms with van der Waals surface area (Å²) in [4.78, 5) is 13.0. The fourth-order valence-corrected chi connectivity index (χ4v) is 1.07. The van der Waals surface area contributed by atoms with Gasteiger partial charge in [-0.2, -0.15) is 0 Å². The van der Waals surface area contributed by atoms with Crippen molar-refractivity contribution >= 4 is 17.3 Å². The van der Waals surface area contributed by atoms with Crippen molar-refractivity contribution in [3.8, 4) is 0 Å². The SMILES string of the molecule is [C-]#[N+]Cc1ccc(Cl)c([N+](=O)[O-])c1. The van der Waals surface area contributed by atoms with Crippen molar-refractivity contribution in [3.05, 3.63) is 50.3 Å². The van der Waals surface area contributed by atoms with E-state index >= 15 is 0 Å². The highest BCUT2D eigenvalue weighted by Crippen LogP contribution is 2.25. The number of nitro groups is 1. The minimum absolute atomic E-state index is 0.0960. The maximum Gasteiger partial charge on any atom is 0.288 e. The fourth-order valence-electron chi connectivity index (χ4n) is 0.888. The Labute approximate surface area is 79.7 Å². The molecule has 0 aliphatic heterocycles. The molecule has 0 atom stereocenters. The first-order valence-corrected chi connectivity index (χ1v) is 3.79. The first-order chi connectivity index (χ1) is 6.15. The van der Waals surface area contributed by atoms with Crippen LogP contribution in [-0.2, 0) is 6.54 Å². The van der Waals surface area contributed by atoms with E-state index in [9.17, 15) is 10.1 Å². The number of nitrogens with zero attached hydrogens (tertiary/aromatic N) is 2. The average molecular weight is 197 g/mol. The Balaban J connectivity index is 3.13. The quantitative estimate of drug-likeness (QED) is 0.415. The summed E-state index contributed by atoms with van der Waals surface area (Å²) in [7, 11) is 0. The molecule has 0 saturated heterocycles. The van der Waals surface area contributed by atoms with Crippen LogP contribution in [0.4, 0.5) is 5.69 Å². The molecule has 0 heterocycles. The normalized spacial score (nSPS) is 9.23. The molecule has 1 rings (SSSR count). The van der Waals surface area contributed by atoms with Gasteiger partial charge in [-0.1, -0.05) is 11.6 Å². The zero-order chi connectivity index (χ0) is 9.84. The van der Waals surface area contributed by atoms with E-state index < -0.39 is 4.92 Å². The molecule has 0 spiro atoms. The molecule has 0 N–H and O–H groups in total. The molecule has 0 radical (unpaired) electrons. The number of hydrogen-bond acceptors (Lipinski definition) is 2. The van der Waals surface area contributed by atoms with Crippen LogP contribution < -0.4 is 0 Å². The molecule has 0 unspecified atom stereocenters. The van der Waals surface area contributed by atoms with Gasteiger partial charge in [0.05, 0.1) is 4.92 Å². The largest absolute Gasteiger partial charge is 0.312 e. The van der Waals surface area contributed by atoms with Crippen LogP contribution in [0.3, 0.4) is 0 Å². The molecule has 0 aliphatic carbocycles. The van der Waals surface area contributed by atoms with Crippen LogP contribution in [-0.4, -0.2) is 4.92 Å². The highest BCUT2D eigenvalue weighted by atomic mass is 35.5. The molecule has 0 aromatic heterocycles. The van der Waals surface area contributed by atoms with E-state index in [0.717, 1.165) is 0 Å². The van der Waals surface area contributed by atoms with Crippen LogP contribution in [0.25, 0.3) is 4.85 Å². The van der Waals surface area contributed by atoms with Crippen LogP contribution in [0.1, 0.15) is 5.56 Å². The summed E-state index contributed by atoms with van der Waals surface area (Å²) >= 11 is 5.57. The van der Waals surface area contributed by atoms with E-state index in [2.05, 4.69) is 4.85 Å². The van der Waals surface area contributed by atoms with Crippen molar-refractivity contribution in [2.45, 2.75) is 6.54 Å². The zero-order valence-electron chi connectivity index (χ0n) is 6.53. The van der Waals surface area contributed by atoms with Gasteiger partial charge in [-0.05, 0) is 12.1 Å². The van der Waals surface area contributed by atoms with Crippen molar-refractivity contribution in [1.82, 2.24) is 0 Å². The molecule has 0 aliphatic rings. The van der Waals surface area contributed by atoms with Gasteiger partial charge in [0.2, 0.25) is 6.54 Å². The summed E-state index contributed by atoms with van der Waals surface area (Å²) < 4.78 is 0.